The van der Waals surface area contributed by atoms with Crippen LogP contribution in [0.1, 0.15) is 61.5 Å². The Labute approximate surface area is 187 Å². The molecule has 7 rings (SSSR count). The van der Waals surface area contributed by atoms with E-state index in [1.165, 1.54) is 38.5 Å². The minimum Gasteiger partial charge on any atom is -0.330 e. The molecule has 1 N–H and O–H groups in total. The Hall–Kier alpha value is -2.40. The van der Waals surface area contributed by atoms with Gasteiger partial charge in [-0.15, -0.1) is 5.10 Å². The van der Waals surface area contributed by atoms with Gasteiger partial charge in [0.15, 0.2) is 0 Å². The highest BCUT2D eigenvalue weighted by Gasteiger charge is 2.51. The van der Waals surface area contributed by atoms with E-state index in [1.54, 1.807) is 24.3 Å². The van der Waals surface area contributed by atoms with Crippen molar-refractivity contribution in [2.45, 2.75) is 51.1 Å². The van der Waals surface area contributed by atoms with Gasteiger partial charge in [-0.05, 0) is 105 Å². The van der Waals surface area contributed by atoms with Crippen molar-refractivity contribution >= 4 is 28.5 Å². The van der Waals surface area contributed by atoms with Crippen molar-refractivity contribution in [3.05, 3.63) is 59.1 Å². The normalized spacial score (nSPS) is 29.9. The van der Waals surface area contributed by atoms with Gasteiger partial charge >= 0.3 is 0 Å². The third-order valence-corrected chi connectivity index (χ3v) is 8.12. The predicted octanol–water partition coefficient (Wildman–Crippen LogP) is 5.62. The number of aromatic nitrogens is 3. The number of halogens is 1. The number of nitrogens with zero attached hydrogens (tertiary/aromatic N) is 3. The van der Waals surface area contributed by atoms with Crippen LogP contribution in [0.3, 0.4) is 0 Å². The predicted molar refractivity (Wildman–Crippen MR) is 121 cm³/mol. The van der Waals surface area contributed by atoms with Crippen LogP contribution >= 0.6 is 11.6 Å². The van der Waals surface area contributed by atoms with Crippen LogP contribution in [0.25, 0.3) is 11.0 Å². The van der Waals surface area contributed by atoms with Gasteiger partial charge in [0.2, 0.25) is 0 Å². The third-order valence-electron chi connectivity index (χ3n) is 7.87. The number of carbonyl (C=O) groups excluding carboxylic acids is 1. The van der Waals surface area contributed by atoms with E-state index in [4.69, 9.17) is 11.6 Å². The highest BCUT2D eigenvalue weighted by atomic mass is 35.5. The molecule has 1 aromatic heterocycles. The van der Waals surface area contributed by atoms with Crippen molar-refractivity contribution in [1.29, 1.82) is 0 Å². The first-order valence-corrected chi connectivity index (χ1v) is 11.8. The van der Waals surface area contributed by atoms with Crippen molar-refractivity contribution in [3.63, 3.8) is 0 Å². The first-order chi connectivity index (χ1) is 15.1. The molecule has 160 valence electrons. The molecule has 0 radical (unpaired) electrons. The molecule has 0 spiro atoms. The maximum Gasteiger partial charge on any atom is 0.252 e. The molecule has 0 aliphatic heterocycles. The highest BCUT2D eigenvalue weighted by Crippen LogP contribution is 2.62. The summed E-state index contributed by atoms with van der Waals surface area (Å²) in [6, 6.07) is 15.1. The lowest BCUT2D eigenvalue weighted by atomic mass is 9.48. The Morgan fingerprint density at radius 2 is 1.68 bits per heavy atom. The lowest BCUT2D eigenvalue weighted by Crippen LogP contribution is -2.48. The molecule has 1 unspecified atom stereocenters. The SMILES string of the molecule is O=C(NC(CC12CC3CC(CC(C3)C1)C2)n1nnc2ccccc21)c1ccc(Cl)cc1. The monoisotopic (exact) mass is 434 g/mol. The van der Waals surface area contributed by atoms with Gasteiger partial charge in [-0.1, -0.05) is 28.9 Å². The summed E-state index contributed by atoms with van der Waals surface area (Å²) in [6.45, 7) is 0. The van der Waals surface area contributed by atoms with Crippen LogP contribution in [0.2, 0.25) is 5.02 Å². The van der Waals surface area contributed by atoms with E-state index in [-0.39, 0.29) is 12.1 Å². The van der Waals surface area contributed by atoms with Gasteiger partial charge in [0.1, 0.15) is 11.7 Å². The van der Waals surface area contributed by atoms with Crippen LogP contribution in [0.5, 0.6) is 0 Å². The number of para-hydroxylation sites is 1. The number of fused-ring (bicyclic) bond motifs is 1. The minimum absolute atomic E-state index is 0.0917. The molecule has 4 fully saturated rings. The second kappa shape index (κ2) is 7.33. The van der Waals surface area contributed by atoms with E-state index >= 15 is 0 Å². The van der Waals surface area contributed by atoms with Gasteiger partial charge in [-0.2, -0.15) is 0 Å². The smallest absolute Gasteiger partial charge is 0.252 e. The van der Waals surface area contributed by atoms with E-state index in [2.05, 4.69) is 15.6 Å². The zero-order chi connectivity index (χ0) is 21.0. The summed E-state index contributed by atoms with van der Waals surface area (Å²) in [4.78, 5) is 13.2. The summed E-state index contributed by atoms with van der Waals surface area (Å²) in [7, 11) is 0. The van der Waals surface area contributed by atoms with Crippen molar-refractivity contribution < 1.29 is 4.79 Å². The minimum atomic E-state index is -0.216. The second-order valence-electron chi connectivity index (χ2n) is 10.1. The number of carbonyl (C=O) groups is 1. The lowest BCUT2D eigenvalue weighted by Gasteiger charge is -2.57. The summed E-state index contributed by atoms with van der Waals surface area (Å²) in [5.41, 5.74) is 2.75. The molecule has 1 atom stereocenters. The van der Waals surface area contributed by atoms with E-state index in [9.17, 15) is 4.79 Å². The molecule has 5 nitrogen and oxygen atoms in total. The topological polar surface area (TPSA) is 59.8 Å². The number of amides is 1. The Bertz CT molecular complexity index is 1090. The number of benzene rings is 2. The zero-order valence-electron chi connectivity index (χ0n) is 17.5. The fraction of sp³-hybridized carbons (Fsp3) is 0.480. The third kappa shape index (κ3) is 3.53. The Morgan fingerprint density at radius 3 is 2.35 bits per heavy atom. The van der Waals surface area contributed by atoms with E-state index in [0.717, 1.165) is 35.2 Å². The summed E-state index contributed by atoms with van der Waals surface area (Å²) in [5.74, 6) is 2.51. The summed E-state index contributed by atoms with van der Waals surface area (Å²) in [5, 5.41) is 12.8. The first kappa shape index (κ1) is 19.3. The van der Waals surface area contributed by atoms with Crippen LogP contribution in [0.15, 0.2) is 48.5 Å². The lowest BCUT2D eigenvalue weighted by molar-refractivity contribution is -0.0662. The molecule has 2 aromatic carbocycles. The van der Waals surface area contributed by atoms with E-state index < -0.39 is 0 Å². The Kier molecular flexibility index (Phi) is 4.57. The Morgan fingerprint density at radius 1 is 1.03 bits per heavy atom. The van der Waals surface area contributed by atoms with Crippen molar-refractivity contribution in [2.24, 2.45) is 23.2 Å². The van der Waals surface area contributed by atoms with Crippen LogP contribution in [-0.4, -0.2) is 20.9 Å². The zero-order valence-corrected chi connectivity index (χ0v) is 18.3. The summed E-state index contributed by atoms with van der Waals surface area (Å²) in [6.07, 6.45) is 8.81. The molecule has 4 saturated carbocycles. The fourth-order valence-electron chi connectivity index (χ4n) is 7.10. The highest BCUT2D eigenvalue weighted by molar-refractivity contribution is 6.30. The number of hydrogen-bond donors (Lipinski definition) is 1. The van der Waals surface area contributed by atoms with Crippen LogP contribution in [-0.2, 0) is 0 Å². The number of rotatable bonds is 5. The maximum atomic E-state index is 13.2. The number of nitrogens with one attached hydrogen (secondary N) is 1. The summed E-state index contributed by atoms with van der Waals surface area (Å²) < 4.78 is 1.93. The quantitative estimate of drug-likeness (QED) is 0.566. The van der Waals surface area contributed by atoms with Crippen LogP contribution in [0, 0.1) is 23.2 Å². The maximum absolute atomic E-state index is 13.2. The van der Waals surface area contributed by atoms with E-state index in [1.807, 2.05) is 28.9 Å². The molecule has 0 saturated heterocycles. The molecule has 4 bridgehead atoms. The average Bonchev–Trinajstić information content (AvgIpc) is 3.17. The Balaban J connectivity index is 1.34. The average molecular weight is 435 g/mol. The summed E-state index contributed by atoms with van der Waals surface area (Å²) >= 11 is 6.02. The van der Waals surface area contributed by atoms with Gasteiger partial charge in [0.25, 0.3) is 5.91 Å². The molecule has 6 heteroatoms. The van der Waals surface area contributed by atoms with Gasteiger partial charge < -0.3 is 5.32 Å². The molecule has 4 aliphatic rings. The first-order valence-electron chi connectivity index (χ1n) is 11.4. The second-order valence-corrected chi connectivity index (χ2v) is 10.6. The van der Waals surface area contributed by atoms with Crippen molar-refractivity contribution in [1.82, 2.24) is 20.3 Å². The molecule has 1 amide bonds. The van der Waals surface area contributed by atoms with Crippen molar-refractivity contribution in [3.8, 4) is 0 Å². The standard InChI is InChI=1S/C25H27ClN4O/c26-20-7-5-19(6-8-20)24(31)27-23(30-22-4-2-1-3-21(22)28-29-30)15-25-12-16-9-17(13-25)11-18(10-16)14-25/h1-8,16-18,23H,9-15H2,(H,27,31). The fourth-order valence-corrected chi connectivity index (χ4v) is 7.23. The van der Waals surface area contributed by atoms with Crippen molar-refractivity contribution in [2.75, 3.05) is 0 Å². The van der Waals surface area contributed by atoms with Crippen LogP contribution in [0.4, 0.5) is 0 Å². The van der Waals surface area contributed by atoms with Gasteiger partial charge in [0.05, 0.1) is 5.52 Å². The molecule has 3 aromatic rings. The molecule has 4 aliphatic carbocycles. The van der Waals surface area contributed by atoms with Gasteiger partial charge in [-0.3, -0.25) is 4.79 Å². The number of hydrogen-bond acceptors (Lipinski definition) is 3. The molecule has 1 heterocycles. The van der Waals surface area contributed by atoms with Gasteiger partial charge in [0, 0.05) is 10.6 Å². The largest absolute Gasteiger partial charge is 0.330 e. The van der Waals surface area contributed by atoms with Gasteiger partial charge in [-0.25, -0.2) is 4.68 Å². The van der Waals surface area contributed by atoms with E-state index in [0.29, 0.717) is 16.0 Å². The molecule has 31 heavy (non-hydrogen) atoms. The molecular formula is C25H27ClN4O. The van der Waals surface area contributed by atoms with Crippen LogP contribution < -0.4 is 5.32 Å². The molecular weight excluding hydrogens is 408 g/mol.